The molecule has 2 bridgehead atoms. The number of nitrogens with one attached hydrogen (secondary N) is 1. The molecule has 7 nitrogen and oxygen atoms in total. The molecule has 3 heterocycles. The Labute approximate surface area is 137 Å². The number of anilines is 1. The van der Waals surface area contributed by atoms with E-state index in [9.17, 15) is 10.2 Å². The molecule has 0 saturated carbocycles. The summed E-state index contributed by atoms with van der Waals surface area (Å²) in [5.41, 5.74) is -0.809. The highest BCUT2D eigenvalue weighted by Crippen LogP contribution is 2.43. The molecule has 0 spiro atoms. The van der Waals surface area contributed by atoms with Crippen LogP contribution in [-0.4, -0.2) is 62.7 Å². The van der Waals surface area contributed by atoms with Crippen LogP contribution in [0.3, 0.4) is 0 Å². The molecule has 124 valence electrons. The zero-order chi connectivity index (χ0) is 15.7. The molecule has 0 aromatic carbocycles. The second-order valence-corrected chi connectivity index (χ2v) is 6.88. The quantitative estimate of drug-likeness (QED) is 0.660. The summed E-state index contributed by atoms with van der Waals surface area (Å²) in [5, 5.41) is 24.7. The number of aliphatic hydroxyl groups is 2. The molecule has 1 aromatic rings. The number of halogens is 1. The maximum Gasteiger partial charge on any atom is 0.236 e. The fourth-order valence-electron chi connectivity index (χ4n) is 3.17. The monoisotopic (exact) mass is 349 g/mol. The van der Waals surface area contributed by atoms with Crippen LogP contribution in [0.2, 0.25) is 5.28 Å². The molecule has 0 amide bonds. The van der Waals surface area contributed by atoms with Gasteiger partial charge in [0.15, 0.2) is 0 Å². The molecule has 3 rings (SSSR count). The topological polar surface area (TPSA) is 96.7 Å². The summed E-state index contributed by atoms with van der Waals surface area (Å²) in [6.45, 7) is 2.94. The van der Waals surface area contributed by atoms with Crippen molar-refractivity contribution in [3.05, 3.63) is 5.28 Å². The molecule has 0 unspecified atom stereocenters. The van der Waals surface area contributed by atoms with Crippen LogP contribution in [-0.2, 0) is 9.47 Å². The number of hydrogen-bond acceptors (Lipinski definition) is 8. The summed E-state index contributed by atoms with van der Waals surface area (Å²) in [4.78, 5) is 4.01. The van der Waals surface area contributed by atoms with Crippen LogP contribution in [0.5, 0.6) is 0 Å². The Morgan fingerprint density at radius 1 is 1.55 bits per heavy atom. The van der Waals surface area contributed by atoms with Gasteiger partial charge in [0.25, 0.3) is 0 Å². The number of hydrogen-bond donors (Lipinski definition) is 3. The van der Waals surface area contributed by atoms with Crippen molar-refractivity contribution in [1.29, 1.82) is 0 Å². The van der Waals surface area contributed by atoms with Gasteiger partial charge in [0.05, 0.1) is 18.8 Å². The van der Waals surface area contributed by atoms with E-state index in [-0.39, 0.29) is 11.4 Å². The van der Waals surface area contributed by atoms with E-state index in [1.54, 1.807) is 0 Å². The van der Waals surface area contributed by atoms with Crippen molar-refractivity contribution in [3.63, 3.8) is 0 Å². The maximum atomic E-state index is 10.5. The Morgan fingerprint density at radius 2 is 2.36 bits per heavy atom. The zero-order valence-corrected chi connectivity index (χ0v) is 13.8. The third kappa shape index (κ3) is 2.95. The number of aromatic nitrogens is 2. The Hall–Kier alpha value is -0.510. The van der Waals surface area contributed by atoms with Crippen LogP contribution < -0.4 is 5.32 Å². The van der Waals surface area contributed by atoms with Crippen LogP contribution >= 0.6 is 23.1 Å². The van der Waals surface area contributed by atoms with Gasteiger partial charge >= 0.3 is 0 Å². The molecule has 3 N–H and O–H groups in total. The summed E-state index contributed by atoms with van der Waals surface area (Å²) >= 11 is 6.81. The Morgan fingerprint density at radius 3 is 3.05 bits per heavy atom. The van der Waals surface area contributed by atoms with Gasteiger partial charge in [-0.1, -0.05) is 6.92 Å². The number of aliphatic hydroxyl groups excluding tert-OH is 2. The largest absolute Gasteiger partial charge is 0.388 e. The zero-order valence-electron chi connectivity index (χ0n) is 12.2. The fourth-order valence-corrected chi connectivity index (χ4v) is 3.93. The van der Waals surface area contributed by atoms with E-state index in [1.165, 1.54) is 0 Å². The molecule has 0 aliphatic carbocycles. The molecule has 9 heteroatoms. The first-order valence-electron chi connectivity index (χ1n) is 7.43. The van der Waals surface area contributed by atoms with Crippen LogP contribution in [0.15, 0.2) is 0 Å². The Balaban J connectivity index is 1.70. The highest BCUT2D eigenvalue weighted by molar-refractivity contribution is 7.09. The molecular weight excluding hydrogens is 330 g/mol. The van der Waals surface area contributed by atoms with Gasteiger partial charge in [-0.3, -0.25) is 0 Å². The van der Waals surface area contributed by atoms with E-state index >= 15 is 0 Å². The highest BCUT2D eigenvalue weighted by atomic mass is 35.5. The molecule has 0 radical (unpaired) electrons. The molecule has 5 atom stereocenters. The molecular formula is C13H20ClN3O4S. The van der Waals surface area contributed by atoms with Gasteiger partial charge in [0.1, 0.15) is 17.8 Å². The van der Waals surface area contributed by atoms with E-state index in [0.29, 0.717) is 24.8 Å². The van der Waals surface area contributed by atoms with Crippen molar-refractivity contribution in [3.8, 4) is 0 Å². The molecule has 1 aromatic heterocycles. The minimum atomic E-state index is -1.01. The maximum absolute atomic E-state index is 10.5. The summed E-state index contributed by atoms with van der Waals surface area (Å²) in [6.07, 6.45) is 0.132. The third-order valence-electron chi connectivity index (χ3n) is 4.26. The average Bonchev–Trinajstić information content (AvgIpc) is 3.08. The molecule has 2 fully saturated rings. The van der Waals surface area contributed by atoms with E-state index < -0.39 is 23.9 Å². The van der Waals surface area contributed by atoms with Gasteiger partial charge in [-0.25, -0.2) is 0 Å². The molecule has 2 aliphatic heterocycles. The van der Waals surface area contributed by atoms with Gasteiger partial charge < -0.3 is 25.0 Å². The average molecular weight is 350 g/mol. The van der Waals surface area contributed by atoms with Crippen molar-refractivity contribution in [2.75, 3.05) is 18.5 Å². The van der Waals surface area contributed by atoms with Gasteiger partial charge in [-0.2, -0.15) is 9.36 Å². The van der Waals surface area contributed by atoms with Crippen LogP contribution in [0.4, 0.5) is 5.13 Å². The fraction of sp³-hybridized carbons (Fsp3) is 0.846. The first-order valence-corrected chi connectivity index (χ1v) is 8.58. The van der Waals surface area contributed by atoms with Gasteiger partial charge in [-0.05, 0) is 30.9 Å². The lowest BCUT2D eigenvalue weighted by Crippen LogP contribution is -2.63. The van der Waals surface area contributed by atoms with E-state index in [0.717, 1.165) is 24.4 Å². The second kappa shape index (κ2) is 6.54. The number of rotatable bonds is 6. The third-order valence-corrected chi connectivity index (χ3v) is 5.17. The van der Waals surface area contributed by atoms with Crippen molar-refractivity contribution in [2.24, 2.45) is 0 Å². The number of fused-ring (bicyclic) bond motifs is 2. The first-order chi connectivity index (χ1) is 10.6. The van der Waals surface area contributed by atoms with Crippen molar-refractivity contribution in [2.45, 2.75) is 56.1 Å². The SMILES string of the molecule is CCCOC[C@@]12CC[C@@H](O1)[C@H](Nc1nc(Cl)ns1)[C@@H](O)[C@H]2O. The van der Waals surface area contributed by atoms with E-state index in [4.69, 9.17) is 21.1 Å². The predicted molar refractivity (Wildman–Crippen MR) is 82.3 cm³/mol. The molecule has 2 aliphatic rings. The lowest BCUT2D eigenvalue weighted by molar-refractivity contribution is -0.218. The van der Waals surface area contributed by atoms with Crippen molar-refractivity contribution >= 4 is 28.3 Å². The summed E-state index contributed by atoms with van der Waals surface area (Å²) < 4.78 is 15.5. The predicted octanol–water partition coefficient (Wildman–Crippen LogP) is 1.05. The normalized spacial score (nSPS) is 37.5. The molecule has 22 heavy (non-hydrogen) atoms. The Bertz CT molecular complexity index is 519. The number of ether oxygens (including phenoxy) is 2. The van der Waals surface area contributed by atoms with Crippen LogP contribution in [0.25, 0.3) is 0 Å². The standard InChI is InChI=1S/C13H20ClN3O4S/c1-2-5-20-6-13-4-3-7(21-13)8(9(18)10(13)19)15-12-16-11(14)17-22-12/h7-10,18-19H,2-6H2,1H3,(H,15,16,17)/t7-,8+,9-,10-,13-/m1/s1. The van der Waals surface area contributed by atoms with Gasteiger partial charge in [-0.15, -0.1) is 0 Å². The van der Waals surface area contributed by atoms with Crippen LogP contribution in [0.1, 0.15) is 26.2 Å². The second-order valence-electron chi connectivity index (χ2n) is 5.79. The first kappa shape index (κ1) is 16.4. The minimum absolute atomic E-state index is 0.160. The summed E-state index contributed by atoms with van der Waals surface area (Å²) in [5.74, 6) is 0. The van der Waals surface area contributed by atoms with Crippen molar-refractivity contribution < 1.29 is 19.7 Å². The smallest absolute Gasteiger partial charge is 0.236 e. The molecule has 2 saturated heterocycles. The van der Waals surface area contributed by atoms with Crippen LogP contribution in [0, 0.1) is 0 Å². The van der Waals surface area contributed by atoms with Gasteiger partial charge in [0, 0.05) is 18.1 Å². The van der Waals surface area contributed by atoms with Gasteiger partial charge in [0.2, 0.25) is 10.4 Å². The van der Waals surface area contributed by atoms with E-state index in [2.05, 4.69) is 14.7 Å². The summed E-state index contributed by atoms with van der Waals surface area (Å²) in [6, 6.07) is -0.444. The van der Waals surface area contributed by atoms with Crippen molar-refractivity contribution in [1.82, 2.24) is 9.36 Å². The lowest BCUT2D eigenvalue weighted by Gasteiger charge is -2.44. The van der Waals surface area contributed by atoms with E-state index in [1.807, 2.05) is 6.92 Å². The highest BCUT2D eigenvalue weighted by Gasteiger charge is 2.58. The number of nitrogens with zero attached hydrogens (tertiary/aromatic N) is 2. The lowest BCUT2D eigenvalue weighted by atomic mass is 9.88. The summed E-state index contributed by atoms with van der Waals surface area (Å²) in [7, 11) is 0. The minimum Gasteiger partial charge on any atom is -0.388 e. The Kier molecular flexibility index (Phi) is 4.86.